The molecule has 7 heteroatoms. The minimum Gasteiger partial charge on any atom is -0.456 e. The summed E-state index contributed by atoms with van der Waals surface area (Å²) in [5.41, 5.74) is -0.894. The number of furan rings is 1. The van der Waals surface area contributed by atoms with Gasteiger partial charge in [-0.15, -0.1) is 0 Å². The molecule has 0 unspecified atom stereocenters. The van der Waals surface area contributed by atoms with Crippen molar-refractivity contribution in [2.24, 2.45) is 0 Å². The first-order chi connectivity index (χ1) is 12.1. The van der Waals surface area contributed by atoms with Crippen molar-refractivity contribution in [2.45, 2.75) is 57.0 Å². The van der Waals surface area contributed by atoms with Gasteiger partial charge < -0.3 is 18.9 Å². The number of aliphatic hydroxyl groups is 1. The van der Waals surface area contributed by atoms with Gasteiger partial charge in [-0.3, -0.25) is 4.79 Å². The van der Waals surface area contributed by atoms with Gasteiger partial charge in [-0.2, -0.15) is 4.98 Å². The van der Waals surface area contributed by atoms with Crippen LogP contribution in [-0.4, -0.2) is 39.1 Å². The summed E-state index contributed by atoms with van der Waals surface area (Å²) >= 11 is 0. The van der Waals surface area contributed by atoms with Crippen molar-refractivity contribution in [1.82, 2.24) is 15.0 Å². The third-order valence-electron chi connectivity index (χ3n) is 5.39. The fourth-order valence-electron chi connectivity index (χ4n) is 3.49. The van der Waals surface area contributed by atoms with Gasteiger partial charge in [-0.25, -0.2) is 0 Å². The van der Waals surface area contributed by atoms with Gasteiger partial charge in [0.05, 0.1) is 0 Å². The molecule has 1 saturated carbocycles. The van der Waals surface area contributed by atoms with Crippen molar-refractivity contribution in [2.75, 3.05) is 13.1 Å². The van der Waals surface area contributed by atoms with E-state index in [2.05, 4.69) is 10.1 Å². The van der Waals surface area contributed by atoms with Gasteiger partial charge in [0.1, 0.15) is 11.4 Å². The van der Waals surface area contributed by atoms with E-state index in [0.717, 1.165) is 31.4 Å². The van der Waals surface area contributed by atoms with E-state index in [1.54, 1.807) is 6.07 Å². The first kappa shape index (κ1) is 16.3. The summed E-state index contributed by atoms with van der Waals surface area (Å²) < 4.78 is 10.9. The number of carbonyl (C=O) groups is 1. The lowest BCUT2D eigenvalue weighted by Crippen LogP contribution is -2.38. The SMILES string of the molecule is CCc1ccc(C(=O)N2CCC(c3nc(C4(O)CCC4)no3)CC2)o1. The van der Waals surface area contributed by atoms with E-state index in [9.17, 15) is 9.90 Å². The van der Waals surface area contributed by atoms with Crippen LogP contribution in [0.2, 0.25) is 0 Å². The first-order valence-corrected chi connectivity index (χ1v) is 9.03. The molecular weight excluding hydrogens is 322 g/mol. The zero-order valence-corrected chi connectivity index (χ0v) is 14.4. The normalized spacial score (nSPS) is 20.5. The number of likely N-dealkylation sites (tertiary alicyclic amines) is 1. The van der Waals surface area contributed by atoms with Gasteiger partial charge in [0.25, 0.3) is 5.91 Å². The van der Waals surface area contributed by atoms with Crippen LogP contribution in [0.4, 0.5) is 0 Å². The van der Waals surface area contributed by atoms with Gasteiger partial charge in [-0.05, 0) is 44.2 Å². The fraction of sp³-hybridized carbons (Fsp3) is 0.611. The molecule has 0 radical (unpaired) electrons. The summed E-state index contributed by atoms with van der Waals surface area (Å²) in [5.74, 6) is 2.29. The fourth-order valence-corrected chi connectivity index (χ4v) is 3.49. The van der Waals surface area contributed by atoms with Crippen LogP contribution in [0.5, 0.6) is 0 Å². The molecule has 4 rings (SSSR count). The molecular formula is C18H23N3O4. The third kappa shape index (κ3) is 2.97. The van der Waals surface area contributed by atoms with E-state index in [4.69, 9.17) is 8.94 Å². The number of aromatic nitrogens is 2. The predicted molar refractivity (Wildman–Crippen MR) is 88.0 cm³/mol. The zero-order valence-electron chi connectivity index (χ0n) is 14.4. The number of nitrogens with zero attached hydrogens (tertiary/aromatic N) is 3. The lowest BCUT2D eigenvalue weighted by Gasteiger charge is -2.33. The molecule has 2 aliphatic rings. The summed E-state index contributed by atoms with van der Waals surface area (Å²) in [7, 11) is 0. The van der Waals surface area contributed by atoms with Crippen molar-refractivity contribution in [3.63, 3.8) is 0 Å². The molecule has 1 aliphatic carbocycles. The molecule has 7 nitrogen and oxygen atoms in total. The van der Waals surface area contributed by atoms with Gasteiger partial charge >= 0.3 is 0 Å². The number of hydrogen-bond acceptors (Lipinski definition) is 6. The second kappa shape index (κ2) is 6.29. The minimum absolute atomic E-state index is 0.0619. The molecule has 0 atom stereocenters. The predicted octanol–water partition coefficient (Wildman–Crippen LogP) is 2.62. The molecule has 0 bridgehead atoms. The monoisotopic (exact) mass is 345 g/mol. The van der Waals surface area contributed by atoms with Crippen LogP contribution in [0.3, 0.4) is 0 Å². The third-order valence-corrected chi connectivity index (χ3v) is 5.39. The Morgan fingerprint density at radius 2 is 2.12 bits per heavy atom. The number of carbonyl (C=O) groups excluding carboxylic acids is 1. The number of rotatable bonds is 4. The Hall–Kier alpha value is -2.15. The summed E-state index contributed by atoms with van der Waals surface area (Å²) in [6, 6.07) is 3.60. The lowest BCUT2D eigenvalue weighted by atomic mass is 9.80. The van der Waals surface area contributed by atoms with Gasteiger partial charge in [0, 0.05) is 25.4 Å². The highest BCUT2D eigenvalue weighted by Gasteiger charge is 2.41. The number of aryl methyl sites for hydroxylation is 1. The molecule has 0 aromatic carbocycles. The van der Waals surface area contributed by atoms with E-state index in [1.807, 2.05) is 17.9 Å². The second-order valence-electron chi connectivity index (χ2n) is 7.03. The molecule has 1 saturated heterocycles. The standard InChI is InChI=1S/C18H23N3O4/c1-2-13-4-5-14(24-13)16(22)21-10-6-12(7-11-21)15-19-17(20-25-15)18(23)8-3-9-18/h4-5,12,23H,2-3,6-11H2,1H3. The average molecular weight is 345 g/mol. The van der Waals surface area contributed by atoms with E-state index < -0.39 is 5.60 Å². The van der Waals surface area contributed by atoms with Crippen LogP contribution in [0, 0.1) is 0 Å². The Morgan fingerprint density at radius 3 is 2.72 bits per heavy atom. The Kier molecular flexibility index (Phi) is 4.11. The number of hydrogen-bond donors (Lipinski definition) is 1. The maximum absolute atomic E-state index is 12.5. The quantitative estimate of drug-likeness (QED) is 0.916. The van der Waals surface area contributed by atoms with Crippen LogP contribution in [0.15, 0.2) is 21.1 Å². The van der Waals surface area contributed by atoms with Gasteiger partial charge in [0.2, 0.25) is 11.7 Å². The van der Waals surface area contributed by atoms with E-state index in [-0.39, 0.29) is 11.8 Å². The Balaban J connectivity index is 1.37. The number of amides is 1. The second-order valence-corrected chi connectivity index (χ2v) is 7.03. The maximum atomic E-state index is 12.5. The average Bonchev–Trinajstić information content (AvgIpc) is 3.29. The van der Waals surface area contributed by atoms with Crippen molar-refractivity contribution >= 4 is 5.91 Å². The molecule has 134 valence electrons. The Morgan fingerprint density at radius 1 is 1.36 bits per heavy atom. The minimum atomic E-state index is -0.894. The maximum Gasteiger partial charge on any atom is 0.289 e. The molecule has 1 amide bonds. The largest absolute Gasteiger partial charge is 0.456 e. The molecule has 1 N–H and O–H groups in total. The molecule has 2 aromatic heterocycles. The molecule has 1 aliphatic heterocycles. The summed E-state index contributed by atoms with van der Waals surface area (Å²) in [5, 5.41) is 14.3. The van der Waals surface area contributed by atoms with E-state index >= 15 is 0 Å². The summed E-state index contributed by atoms with van der Waals surface area (Å²) in [6.45, 7) is 3.26. The van der Waals surface area contributed by atoms with Crippen LogP contribution in [0.1, 0.15) is 73.0 Å². The summed E-state index contributed by atoms with van der Waals surface area (Å²) in [4.78, 5) is 18.7. The van der Waals surface area contributed by atoms with Crippen molar-refractivity contribution in [3.8, 4) is 0 Å². The first-order valence-electron chi connectivity index (χ1n) is 9.03. The highest BCUT2D eigenvalue weighted by molar-refractivity contribution is 5.91. The molecule has 2 fully saturated rings. The van der Waals surface area contributed by atoms with Crippen LogP contribution in [0.25, 0.3) is 0 Å². The smallest absolute Gasteiger partial charge is 0.289 e. The van der Waals surface area contributed by atoms with Crippen LogP contribution < -0.4 is 0 Å². The Bertz CT molecular complexity index is 754. The van der Waals surface area contributed by atoms with Crippen LogP contribution >= 0.6 is 0 Å². The molecule has 2 aromatic rings. The lowest BCUT2D eigenvalue weighted by molar-refractivity contribution is -0.0482. The van der Waals surface area contributed by atoms with E-state index in [1.165, 1.54) is 0 Å². The van der Waals surface area contributed by atoms with Gasteiger partial charge in [-0.1, -0.05) is 12.1 Å². The highest BCUT2D eigenvalue weighted by Crippen LogP contribution is 2.40. The van der Waals surface area contributed by atoms with Gasteiger partial charge in [0.15, 0.2) is 5.76 Å². The Labute approximate surface area is 146 Å². The molecule has 3 heterocycles. The molecule has 0 spiro atoms. The van der Waals surface area contributed by atoms with E-state index in [0.29, 0.717) is 43.4 Å². The topological polar surface area (TPSA) is 92.6 Å². The highest BCUT2D eigenvalue weighted by atomic mass is 16.5. The number of piperidine rings is 1. The van der Waals surface area contributed by atoms with Crippen molar-refractivity contribution in [3.05, 3.63) is 35.4 Å². The molecule has 25 heavy (non-hydrogen) atoms. The zero-order chi connectivity index (χ0) is 17.4. The van der Waals surface area contributed by atoms with Crippen molar-refractivity contribution in [1.29, 1.82) is 0 Å². The van der Waals surface area contributed by atoms with Crippen molar-refractivity contribution < 1.29 is 18.8 Å². The van der Waals surface area contributed by atoms with Crippen LogP contribution in [-0.2, 0) is 12.0 Å². The summed E-state index contributed by atoms with van der Waals surface area (Å²) in [6.07, 6.45) is 4.71.